The van der Waals surface area contributed by atoms with Crippen LogP contribution in [-0.2, 0) is 6.42 Å². The second-order valence-electron chi connectivity index (χ2n) is 6.71. The molecule has 156 valence electrons. The first kappa shape index (κ1) is 22.2. The summed E-state index contributed by atoms with van der Waals surface area (Å²) < 4.78 is 14.6. The summed E-state index contributed by atoms with van der Waals surface area (Å²) >= 11 is 0. The summed E-state index contributed by atoms with van der Waals surface area (Å²) in [6.07, 6.45) is 4.82. The molecule has 0 bridgehead atoms. The molecule has 1 aromatic heterocycles. The topological polar surface area (TPSA) is 104 Å². The molecule has 0 radical (unpaired) electrons. The molecule has 0 atom stereocenters. The highest BCUT2D eigenvalue weighted by molar-refractivity contribution is 5.79. The molecule has 0 aliphatic rings. The number of unbranched alkanes of at least 4 members (excludes halogenated alkanes) is 2. The monoisotopic (exact) mass is 399 g/mol. The number of nitrogen functional groups attached to an aromatic ring is 1. The Morgan fingerprint density at radius 2 is 1.97 bits per heavy atom. The first-order chi connectivity index (χ1) is 14.1. The molecule has 2 rings (SSSR count). The van der Waals surface area contributed by atoms with Crippen molar-refractivity contribution in [1.82, 2.24) is 20.4 Å². The van der Waals surface area contributed by atoms with E-state index in [1.54, 1.807) is 12.1 Å². The van der Waals surface area contributed by atoms with Gasteiger partial charge in [-0.25, -0.2) is 9.07 Å². The molecule has 0 spiro atoms. The van der Waals surface area contributed by atoms with Crippen LogP contribution in [0.2, 0.25) is 0 Å². The van der Waals surface area contributed by atoms with Gasteiger partial charge in [0.05, 0.1) is 11.4 Å². The number of rotatable bonds is 10. The van der Waals surface area contributed by atoms with E-state index in [1.165, 1.54) is 29.7 Å². The van der Waals surface area contributed by atoms with Gasteiger partial charge in [0.2, 0.25) is 0 Å². The Morgan fingerprint density at radius 1 is 1.21 bits per heavy atom. The van der Waals surface area contributed by atoms with Gasteiger partial charge in [0.25, 0.3) is 0 Å². The van der Waals surface area contributed by atoms with E-state index in [0.717, 1.165) is 31.9 Å². The number of halogens is 1. The van der Waals surface area contributed by atoms with Crippen molar-refractivity contribution < 1.29 is 4.39 Å². The third-order valence-corrected chi connectivity index (χ3v) is 4.44. The number of anilines is 1. The molecule has 0 aliphatic heterocycles. The number of hydrogen-bond acceptors (Lipinski definition) is 4. The van der Waals surface area contributed by atoms with E-state index < -0.39 is 0 Å². The number of nitrogens with zero attached hydrogens (tertiary/aromatic N) is 4. The summed E-state index contributed by atoms with van der Waals surface area (Å²) in [6, 6.07) is 7.98. The fourth-order valence-corrected chi connectivity index (χ4v) is 2.92. The molecule has 1 aromatic carbocycles. The maximum atomic E-state index is 13.2. The van der Waals surface area contributed by atoms with E-state index in [1.807, 2.05) is 6.92 Å². The van der Waals surface area contributed by atoms with E-state index in [4.69, 9.17) is 5.73 Å². The van der Waals surface area contributed by atoms with Crippen LogP contribution in [0.25, 0.3) is 5.69 Å². The fraction of sp³-hybridized carbons (Fsp3) is 0.476. The molecule has 2 aromatic rings. The summed E-state index contributed by atoms with van der Waals surface area (Å²) in [5.41, 5.74) is 7.71. The summed E-state index contributed by atoms with van der Waals surface area (Å²) in [5, 5.41) is 20.5. The van der Waals surface area contributed by atoms with E-state index in [0.29, 0.717) is 29.9 Å². The first-order valence-corrected chi connectivity index (χ1v) is 10.2. The molecular formula is C21H30FN7. The molecule has 0 fully saturated rings. The second-order valence-corrected chi connectivity index (χ2v) is 6.71. The number of nitrogens with two attached hydrogens (primary N) is 1. The number of aryl methyl sites for hydroxylation is 1. The minimum atomic E-state index is -0.335. The summed E-state index contributed by atoms with van der Waals surface area (Å²) in [7, 11) is 0. The van der Waals surface area contributed by atoms with Crippen LogP contribution >= 0.6 is 0 Å². The van der Waals surface area contributed by atoms with Crippen molar-refractivity contribution in [3.8, 4) is 11.8 Å². The Kier molecular flexibility index (Phi) is 8.96. The lowest BCUT2D eigenvalue weighted by atomic mass is 10.1. The number of nitrogens with one attached hydrogen (secondary N) is 2. The van der Waals surface area contributed by atoms with Crippen molar-refractivity contribution >= 4 is 11.8 Å². The predicted octanol–water partition coefficient (Wildman–Crippen LogP) is 3.14. The maximum Gasteiger partial charge on any atom is 0.191 e. The molecule has 7 nitrogen and oxygen atoms in total. The van der Waals surface area contributed by atoms with E-state index in [9.17, 15) is 9.65 Å². The smallest absolute Gasteiger partial charge is 0.191 e. The van der Waals surface area contributed by atoms with Gasteiger partial charge in [-0.3, -0.25) is 4.99 Å². The number of hydrogen-bond donors (Lipinski definition) is 3. The van der Waals surface area contributed by atoms with Crippen LogP contribution in [-0.4, -0.2) is 35.4 Å². The molecular weight excluding hydrogens is 369 g/mol. The van der Waals surface area contributed by atoms with Gasteiger partial charge < -0.3 is 16.4 Å². The molecule has 1 heterocycles. The van der Waals surface area contributed by atoms with Gasteiger partial charge >= 0.3 is 0 Å². The molecule has 0 saturated carbocycles. The predicted molar refractivity (Wildman–Crippen MR) is 114 cm³/mol. The van der Waals surface area contributed by atoms with Gasteiger partial charge in [-0.2, -0.15) is 10.4 Å². The Hall–Kier alpha value is -3.08. The van der Waals surface area contributed by atoms with Crippen LogP contribution in [0.3, 0.4) is 0 Å². The van der Waals surface area contributed by atoms with Gasteiger partial charge in [-0.15, -0.1) is 0 Å². The molecule has 8 heteroatoms. The molecule has 4 N–H and O–H groups in total. The summed E-state index contributed by atoms with van der Waals surface area (Å²) in [6.45, 7) is 6.53. The highest BCUT2D eigenvalue weighted by atomic mass is 19.1. The molecule has 29 heavy (non-hydrogen) atoms. The summed E-state index contributed by atoms with van der Waals surface area (Å²) in [5.74, 6) is 0.738. The zero-order valence-corrected chi connectivity index (χ0v) is 17.2. The average Bonchev–Trinajstić information content (AvgIpc) is 3.04. The van der Waals surface area contributed by atoms with Crippen LogP contribution in [0.1, 0.15) is 50.8 Å². The van der Waals surface area contributed by atoms with Crippen molar-refractivity contribution in [3.05, 3.63) is 41.3 Å². The third kappa shape index (κ3) is 6.49. The van der Waals surface area contributed by atoms with Crippen molar-refractivity contribution in [1.29, 1.82) is 5.26 Å². The molecule has 0 saturated heterocycles. The third-order valence-electron chi connectivity index (χ3n) is 4.44. The van der Waals surface area contributed by atoms with Crippen LogP contribution in [0, 0.1) is 17.1 Å². The minimum Gasteiger partial charge on any atom is -0.382 e. The molecule has 0 unspecified atom stereocenters. The van der Waals surface area contributed by atoms with Gasteiger partial charge in [-0.05, 0) is 50.5 Å². The number of aliphatic imine (C=N–C) groups is 1. The fourth-order valence-electron chi connectivity index (χ4n) is 2.92. The second kappa shape index (κ2) is 11.7. The number of nitriles is 1. The Balaban J connectivity index is 1.99. The largest absolute Gasteiger partial charge is 0.382 e. The molecule has 0 amide bonds. The van der Waals surface area contributed by atoms with Crippen LogP contribution in [0.15, 0.2) is 29.3 Å². The lowest BCUT2D eigenvalue weighted by Crippen LogP contribution is -2.37. The van der Waals surface area contributed by atoms with Crippen LogP contribution in [0.4, 0.5) is 10.2 Å². The van der Waals surface area contributed by atoms with E-state index >= 15 is 0 Å². The van der Waals surface area contributed by atoms with Crippen molar-refractivity contribution in [2.24, 2.45) is 4.99 Å². The quantitative estimate of drug-likeness (QED) is 0.323. The SMILES string of the molecule is CCCCCNC(=NCCCc1nn(-c2ccc(F)cc2)c(N)c1C#N)NCC. The maximum absolute atomic E-state index is 13.2. The minimum absolute atomic E-state index is 0.267. The Bertz CT molecular complexity index is 834. The number of guanidine groups is 1. The Labute approximate surface area is 171 Å². The zero-order chi connectivity index (χ0) is 21.1. The average molecular weight is 400 g/mol. The van der Waals surface area contributed by atoms with Crippen molar-refractivity contribution in [2.45, 2.75) is 46.0 Å². The standard InChI is InChI=1S/C21H30FN7/c1-3-5-6-13-26-21(25-4-2)27-14-7-8-19-18(15-23)20(24)29(28-19)17-11-9-16(22)10-12-17/h9-12H,3-8,13-14,24H2,1-2H3,(H2,25,26,27). The Morgan fingerprint density at radius 3 is 2.62 bits per heavy atom. The number of aromatic nitrogens is 2. The van der Waals surface area contributed by atoms with Crippen LogP contribution < -0.4 is 16.4 Å². The van der Waals surface area contributed by atoms with E-state index in [-0.39, 0.29) is 11.6 Å². The van der Waals surface area contributed by atoms with Gasteiger partial charge in [0, 0.05) is 19.6 Å². The lowest BCUT2D eigenvalue weighted by molar-refractivity contribution is 0.627. The summed E-state index contributed by atoms with van der Waals surface area (Å²) in [4.78, 5) is 4.58. The highest BCUT2D eigenvalue weighted by Gasteiger charge is 2.16. The van der Waals surface area contributed by atoms with Gasteiger partial charge in [0.1, 0.15) is 23.3 Å². The van der Waals surface area contributed by atoms with Crippen molar-refractivity contribution in [3.63, 3.8) is 0 Å². The van der Waals surface area contributed by atoms with Crippen LogP contribution in [0.5, 0.6) is 0 Å². The van der Waals surface area contributed by atoms with E-state index in [2.05, 4.69) is 33.7 Å². The zero-order valence-electron chi connectivity index (χ0n) is 17.2. The number of benzene rings is 1. The van der Waals surface area contributed by atoms with Gasteiger partial charge in [0.15, 0.2) is 5.96 Å². The lowest BCUT2D eigenvalue weighted by Gasteiger charge is -2.10. The van der Waals surface area contributed by atoms with Crippen molar-refractivity contribution in [2.75, 3.05) is 25.4 Å². The van der Waals surface area contributed by atoms with Gasteiger partial charge in [-0.1, -0.05) is 19.8 Å². The highest BCUT2D eigenvalue weighted by Crippen LogP contribution is 2.21. The normalized spacial score (nSPS) is 11.3. The first-order valence-electron chi connectivity index (χ1n) is 10.2. The molecule has 0 aliphatic carbocycles.